The van der Waals surface area contributed by atoms with E-state index in [-0.39, 0.29) is 11.2 Å². The fraction of sp³-hybridized carbons (Fsp3) is 0.273. The molecule has 0 fully saturated rings. The molecule has 3 aromatic rings. The molecule has 1 amide bonds. The lowest BCUT2D eigenvalue weighted by molar-refractivity contribution is -0.115. The van der Waals surface area contributed by atoms with Gasteiger partial charge in [0, 0.05) is 24.6 Å². The summed E-state index contributed by atoms with van der Waals surface area (Å²) >= 11 is 1.49. The lowest BCUT2D eigenvalue weighted by atomic mass is 10.1. The predicted octanol–water partition coefficient (Wildman–Crippen LogP) is 5.38. The van der Waals surface area contributed by atoms with Gasteiger partial charge in [-0.25, -0.2) is 4.98 Å². The summed E-state index contributed by atoms with van der Waals surface area (Å²) in [6.45, 7) is 7.06. The molecule has 1 aromatic heterocycles. The summed E-state index contributed by atoms with van der Waals surface area (Å²) in [7, 11) is 0. The maximum Gasteiger partial charge on any atom is 0.242 e. The van der Waals surface area contributed by atoms with Crippen molar-refractivity contribution in [3.05, 3.63) is 77.6 Å². The van der Waals surface area contributed by atoms with Crippen molar-refractivity contribution >= 4 is 23.4 Å². The number of carbonyl (C=O) groups excluding carboxylic acids is 1. The Balaban J connectivity index is 1.89. The third kappa shape index (κ3) is 4.80. The van der Waals surface area contributed by atoms with Crippen LogP contribution in [0.3, 0.4) is 0 Å². The number of hydrogen-bond donors (Lipinski definition) is 1. The highest BCUT2D eigenvalue weighted by molar-refractivity contribution is 8.00. The van der Waals surface area contributed by atoms with Crippen LogP contribution < -0.4 is 5.32 Å². The summed E-state index contributed by atoms with van der Waals surface area (Å²) in [6, 6.07) is 16.0. The summed E-state index contributed by atoms with van der Waals surface area (Å²) in [5.74, 6) is -0.0362. The Bertz CT molecular complexity index is 905. The van der Waals surface area contributed by atoms with Gasteiger partial charge in [-0.2, -0.15) is 0 Å². The largest absolute Gasteiger partial charge is 0.326 e. The Kier molecular flexibility index (Phi) is 6.35. The number of carbonyl (C=O) groups is 1. The van der Waals surface area contributed by atoms with Gasteiger partial charge in [-0.05, 0) is 43.0 Å². The van der Waals surface area contributed by atoms with Crippen molar-refractivity contribution in [3.8, 4) is 0 Å². The summed E-state index contributed by atoms with van der Waals surface area (Å²) < 4.78 is 2.10. The molecule has 27 heavy (non-hydrogen) atoms. The number of hydrogen-bond acceptors (Lipinski definition) is 3. The molecule has 1 heterocycles. The van der Waals surface area contributed by atoms with E-state index in [9.17, 15) is 4.79 Å². The Labute approximate surface area is 165 Å². The second-order valence-corrected chi connectivity index (χ2v) is 7.69. The zero-order chi connectivity index (χ0) is 19.2. The van der Waals surface area contributed by atoms with Crippen molar-refractivity contribution in [1.29, 1.82) is 0 Å². The van der Waals surface area contributed by atoms with Crippen LogP contribution in [0.1, 0.15) is 35.3 Å². The molecule has 1 unspecified atom stereocenters. The maximum atomic E-state index is 13.2. The van der Waals surface area contributed by atoms with Crippen LogP contribution in [0.4, 0.5) is 5.69 Å². The van der Waals surface area contributed by atoms with Crippen LogP contribution >= 0.6 is 11.8 Å². The summed E-state index contributed by atoms with van der Waals surface area (Å²) in [5.41, 5.74) is 4.01. The standard InChI is InChI=1S/C22H25N3OS/c1-4-13-25-14-12-23-22(25)27-20(18-8-6-5-7-9-18)21(26)24-19-15-16(2)10-11-17(19)3/h5-12,14-15,20H,4,13H2,1-3H3,(H,24,26). The molecule has 0 saturated heterocycles. The Hall–Kier alpha value is -2.53. The minimum absolute atomic E-state index is 0.0362. The molecule has 1 N–H and O–H groups in total. The Morgan fingerprint density at radius 3 is 2.70 bits per heavy atom. The van der Waals surface area contributed by atoms with E-state index >= 15 is 0 Å². The van der Waals surface area contributed by atoms with Crippen molar-refractivity contribution in [3.63, 3.8) is 0 Å². The van der Waals surface area contributed by atoms with Crippen LogP contribution in [0, 0.1) is 13.8 Å². The normalized spacial score (nSPS) is 12.0. The molecule has 0 spiro atoms. The van der Waals surface area contributed by atoms with Crippen LogP contribution in [0.25, 0.3) is 0 Å². The number of aromatic nitrogens is 2. The van der Waals surface area contributed by atoms with Gasteiger partial charge in [0.15, 0.2) is 5.16 Å². The third-order valence-electron chi connectivity index (χ3n) is 4.36. The Morgan fingerprint density at radius 1 is 1.19 bits per heavy atom. The van der Waals surface area contributed by atoms with Crippen LogP contribution in [0.5, 0.6) is 0 Å². The summed E-state index contributed by atoms with van der Waals surface area (Å²) in [6.07, 6.45) is 4.79. The number of aryl methyl sites for hydroxylation is 3. The van der Waals surface area contributed by atoms with Gasteiger partial charge < -0.3 is 9.88 Å². The van der Waals surface area contributed by atoms with Gasteiger partial charge in [0.2, 0.25) is 5.91 Å². The van der Waals surface area contributed by atoms with Gasteiger partial charge in [-0.3, -0.25) is 4.79 Å². The number of thioether (sulfide) groups is 1. The molecule has 2 aromatic carbocycles. The number of anilines is 1. The molecule has 140 valence electrons. The van der Waals surface area contributed by atoms with Gasteiger partial charge >= 0.3 is 0 Å². The van der Waals surface area contributed by atoms with E-state index in [1.165, 1.54) is 11.8 Å². The zero-order valence-corrected chi connectivity index (χ0v) is 16.8. The average molecular weight is 380 g/mol. The van der Waals surface area contributed by atoms with E-state index in [4.69, 9.17) is 0 Å². The number of imidazole rings is 1. The highest BCUT2D eigenvalue weighted by Crippen LogP contribution is 2.35. The van der Waals surface area contributed by atoms with Crippen LogP contribution in [0.15, 0.2) is 66.1 Å². The number of rotatable bonds is 7. The van der Waals surface area contributed by atoms with Gasteiger partial charge in [0.1, 0.15) is 5.25 Å². The highest BCUT2D eigenvalue weighted by atomic mass is 32.2. The molecule has 3 rings (SSSR count). The van der Waals surface area contributed by atoms with Crippen molar-refractivity contribution in [2.75, 3.05) is 5.32 Å². The topological polar surface area (TPSA) is 46.9 Å². The van der Waals surface area contributed by atoms with Crippen molar-refractivity contribution in [2.45, 2.75) is 44.1 Å². The smallest absolute Gasteiger partial charge is 0.242 e. The van der Waals surface area contributed by atoms with Gasteiger partial charge in [0.25, 0.3) is 0 Å². The van der Waals surface area contributed by atoms with Crippen LogP contribution in [0.2, 0.25) is 0 Å². The molecular formula is C22H25N3OS. The van der Waals surface area contributed by atoms with E-state index in [2.05, 4.69) is 27.9 Å². The van der Waals surface area contributed by atoms with E-state index in [1.807, 2.05) is 62.5 Å². The lowest BCUT2D eigenvalue weighted by Gasteiger charge is -2.18. The summed E-state index contributed by atoms with van der Waals surface area (Å²) in [5, 5.41) is 3.61. The molecule has 5 heteroatoms. The molecular weight excluding hydrogens is 354 g/mol. The monoisotopic (exact) mass is 379 g/mol. The van der Waals surface area contributed by atoms with Gasteiger partial charge in [-0.15, -0.1) is 0 Å². The van der Waals surface area contributed by atoms with E-state index in [1.54, 1.807) is 6.20 Å². The maximum absolute atomic E-state index is 13.2. The average Bonchev–Trinajstić information content (AvgIpc) is 3.10. The molecule has 0 radical (unpaired) electrons. The summed E-state index contributed by atoms with van der Waals surface area (Å²) in [4.78, 5) is 17.7. The first-order valence-corrected chi connectivity index (χ1v) is 10.1. The van der Waals surface area contributed by atoms with Crippen molar-refractivity contribution < 1.29 is 4.79 Å². The molecule has 1 atom stereocenters. The molecule has 0 saturated carbocycles. The minimum Gasteiger partial charge on any atom is -0.326 e. The fourth-order valence-corrected chi connectivity index (χ4v) is 3.98. The first-order chi connectivity index (χ1) is 13.1. The SMILES string of the molecule is CCCn1ccnc1SC(C(=O)Nc1cc(C)ccc1C)c1ccccc1. The Morgan fingerprint density at radius 2 is 1.96 bits per heavy atom. The van der Waals surface area contributed by atoms with E-state index in [0.29, 0.717) is 0 Å². The van der Waals surface area contributed by atoms with Crippen molar-refractivity contribution in [1.82, 2.24) is 9.55 Å². The minimum atomic E-state index is -0.371. The number of benzene rings is 2. The van der Waals surface area contributed by atoms with Crippen LogP contribution in [-0.4, -0.2) is 15.5 Å². The number of nitrogens with zero attached hydrogens (tertiary/aromatic N) is 2. The second kappa shape index (κ2) is 8.91. The highest BCUT2D eigenvalue weighted by Gasteiger charge is 2.24. The first-order valence-electron chi connectivity index (χ1n) is 9.19. The molecule has 0 aliphatic carbocycles. The quantitative estimate of drug-likeness (QED) is 0.561. The first kappa shape index (κ1) is 19.2. The molecule has 0 aliphatic rings. The van der Waals surface area contributed by atoms with E-state index in [0.717, 1.165) is 40.5 Å². The number of nitrogens with one attached hydrogen (secondary N) is 1. The predicted molar refractivity (Wildman–Crippen MR) is 112 cm³/mol. The third-order valence-corrected chi connectivity index (χ3v) is 5.63. The molecule has 0 aliphatic heterocycles. The van der Waals surface area contributed by atoms with Gasteiger partial charge in [0.05, 0.1) is 0 Å². The zero-order valence-electron chi connectivity index (χ0n) is 16.0. The lowest BCUT2D eigenvalue weighted by Crippen LogP contribution is -2.20. The number of amides is 1. The fourth-order valence-electron chi connectivity index (χ4n) is 2.90. The van der Waals surface area contributed by atoms with Crippen molar-refractivity contribution in [2.24, 2.45) is 0 Å². The molecule has 0 bridgehead atoms. The van der Waals surface area contributed by atoms with E-state index < -0.39 is 0 Å². The molecule has 4 nitrogen and oxygen atoms in total. The van der Waals surface area contributed by atoms with Crippen LogP contribution in [-0.2, 0) is 11.3 Å². The second-order valence-electron chi connectivity index (χ2n) is 6.62. The van der Waals surface area contributed by atoms with Gasteiger partial charge in [-0.1, -0.05) is 61.2 Å².